The highest BCUT2D eigenvalue weighted by Crippen LogP contribution is 2.24. The Kier molecular flexibility index (Phi) is 5.55. The third-order valence-electron chi connectivity index (χ3n) is 4.04. The average Bonchev–Trinajstić information content (AvgIpc) is 3.15. The van der Waals surface area contributed by atoms with E-state index in [0.717, 1.165) is 18.7 Å². The average molecular weight is 326 g/mol. The van der Waals surface area contributed by atoms with Gasteiger partial charge < -0.3 is 16.0 Å². The zero-order chi connectivity index (χ0) is 16.6. The summed E-state index contributed by atoms with van der Waals surface area (Å²) in [4.78, 5) is 24.5. The third kappa shape index (κ3) is 4.65. The quantitative estimate of drug-likeness (QED) is 0.676. The van der Waals surface area contributed by atoms with Crippen LogP contribution >= 0.6 is 0 Å². The highest BCUT2D eigenvalue weighted by molar-refractivity contribution is 5.78. The van der Waals surface area contributed by atoms with Gasteiger partial charge >= 0.3 is 0 Å². The van der Waals surface area contributed by atoms with Crippen LogP contribution in [0.1, 0.15) is 25.7 Å². The molecular weight excluding hydrogens is 304 g/mol. The summed E-state index contributed by atoms with van der Waals surface area (Å²) in [6.07, 6.45) is 7.59. The number of hydrogen-bond acceptors (Lipinski definition) is 6. The predicted molar refractivity (Wildman–Crippen MR) is 93.0 cm³/mol. The molecule has 0 saturated heterocycles. The molecule has 2 aromatic heterocycles. The molecule has 1 aliphatic carbocycles. The van der Waals surface area contributed by atoms with E-state index in [0.29, 0.717) is 24.7 Å². The molecule has 126 valence electrons. The van der Waals surface area contributed by atoms with Gasteiger partial charge in [-0.05, 0) is 25.0 Å². The smallest absolute Gasteiger partial charge is 0.223 e. The van der Waals surface area contributed by atoms with Gasteiger partial charge in [0.1, 0.15) is 23.8 Å². The lowest BCUT2D eigenvalue weighted by atomic mass is 10.1. The molecule has 24 heavy (non-hydrogen) atoms. The molecule has 0 aromatic carbocycles. The van der Waals surface area contributed by atoms with Crippen molar-refractivity contribution in [3.8, 4) is 0 Å². The van der Waals surface area contributed by atoms with Crippen LogP contribution in [0.3, 0.4) is 0 Å². The minimum atomic E-state index is 0.175. The Morgan fingerprint density at radius 1 is 1.04 bits per heavy atom. The molecule has 0 bridgehead atoms. The first-order chi connectivity index (χ1) is 11.8. The summed E-state index contributed by atoms with van der Waals surface area (Å²) >= 11 is 0. The molecule has 7 nitrogen and oxygen atoms in total. The maximum atomic E-state index is 11.9. The van der Waals surface area contributed by atoms with Crippen molar-refractivity contribution in [1.29, 1.82) is 0 Å². The van der Waals surface area contributed by atoms with Crippen molar-refractivity contribution in [2.45, 2.75) is 25.7 Å². The maximum Gasteiger partial charge on any atom is 0.223 e. The highest BCUT2D eigenvalue weighted by Gasteiger charge is 2.21. The number of nitrogens with zero attached hydrogens (tertiary/aromatic N) is 3. The maximum absolute atomic E-state index is 11.9. The fraction of sp³-hybridized carbons (Fsp3) is 0.412. The lowest BCUT2D eigenvalue weighted by molar-refractivity contribution is -0.124. The van der Waals surface area contributed by atoms with Crippen molar-refractivity contribution >= 4 is 23.4 Å². The Morgan fingerprint density at radius 2 is 1.88 bits per heavy atom. The number of carbonyl (C=O) groups excluding carboxylic acids is 1. The summed E-state index contributed by atoms with van der Waals surface area (Å²) in [7, 11) is 0. The molecule has 7 heteroatoms. The summed E-state index contributed by atoms with van der Waals surface area (Å²) in [5.41, 5.74) is 0. The number of pyridine rings is 1. The molecule has 0 aliphatic heterocycles. The van der Waals surface area contributed by atoms with Crippen molar-refractivity contribution in [2.75, 3.05) is 23.7 Å². The van der Waals surface area contributed by atoms with Crippen molar-refractivity contribution in [2.24, 2.45) is 5.92 Å². The van der Waals surface area contributed by atoms with Gasteiger partial charge in [0.2, 0.25) is 5.91 Å². The molecule has 3 rings (SSSR count). The van der Waals surface area contributed by atoms with Crippen molar-refractivity contribution in [1.82, 2.24) is 20.3 Å². The van der Waals surface area contributed by atoms with Crippen molar-refractivity contribution < 1.29 is 4.79 Å². The van der Waals surface area contributed by atoms with Gasteiger partial charge in [-0.3, -0.25) is 4.79 Å². The zero-order valence-corrected chi connectivity index (χ0v) is 13.5. The van der Waals surface area contributed by atoms with Crippen molar-refractivity contribution in [3.63, 3.8) is 0 Å². The Labute approximate surface area is 141 Å². The van der Waals surface area contributed by atoms with Gasteiger partial charge in [0.15, 0.2) is 0 Å². The molecule has 0 unspecified atom stereocenters. The summed E-state index contributed by atoms with van der Waals surface area (Å²) < 4.78 is 0. The standard InChI is InChI=1S/C17H22N6O/c24-17(13-5-1-2-6-13)20-10-9-19-15-11-16(22-12-21-15)23-14-7-3-4-8-18-14/h3-4,7-8,11-13H,1-2,5-6,9-10H2,(H,20,24)(H2,18,19,21,22,23). The van der Waals surface area contributed by atoms with Gasteiger partial charge in [-0.1, -0.05) is 18.9 Å². The number of nitrogens with one attached hydrogen (secondary N) is 3. The number of hydrogen-bond donors (Lipinski definition) is 3. The molecule has 1 aliphatic rings. The second-order valence-corrected chi connectivity index (χ2v) is 5.83. The van der Waals surface area contributed by atoms with E-state index < -0.39 is 0 Å². The minimum Gasteiger partial charge on any atom is -0.368 e. The lowest BCUT2D eigenvalue weighted by Crippen LogP contribution is -2.33. The normalized spacial score (nSPS) is 14.3. The Bertz CT molecular complexity index is 657. The minimum absolute atomic E-state index is 0.175. The van der Waals surface area contributed by atoms with Crippen LogP contribution in [0.2, 0.25) is 0 Å². The molecule has 2 heterocycles. The first kappa shape index (κ1) is 16.2. The second-order valence-electron chi connectivity index (χ2n) is 5.83. The van der Waals surface area contributed by atoms with E-state index in [1.807, 2.05) is 24.3 Å². The number of amides is 1. The monoisotopic (exact) mass is 326 g/mol. The van der Waals surface area contributed by atoms with Crippen LogP contribution in [0.5, 0.6) is 0 Å². The molecular formula is C17H22N6O. The van der Waals surface area contributed by atoms with Crippen LogP contribution in [0.25, 0.3) is 0 Å². The van der Waals surface area contributed by atoms with E-state index in [-0.39, 0.29) is 11.8 Å². The first-order valence-electron chi connectivity index (χ1n) is 8.33. The Balaban J connectivity index is 1.44. The zero-order valence-electron chi connectivity index (χ0n) is 13.5. The van der Waals surface area contributed by atoms with Gasteiger partial charge in [-0.25, -0.2) is 15.0 Å². The van der Waals surface area contributed by atoms with Gasteiger partial charge in [-0.2, -0.15) is 0 Å². The van der Waals surface area contributed by atoms with Gasteiger partial charge in [0.25, 0.3) is 0 Å². The molecule has 2 aromatic rings. The van der Waals surface area contributed by atoms with Crippen LogP contribution in [-0.4, -0.2) is 33.9 Å². The first-order valence-corrected chi connectivity index (χ1v) is 8.33. The number of aromatic nitrogens is 3. The van der Waals surface area contributed by atoms with Crippen LogP contribution in [0, 0.1) is 5.92 Å². The molecule has 0 spiro atoms. The SMILES string of the molecule is O=C(NCCNc1cc(Nc2ccccn2)ncn1)C1CCCC1. The largest absolute Gasteiger partial charge is 0.368 e. The summed E-state index contributed by atoms with van der Waals surface area (Å²) in [6.45, 7) is 1.21. The van der Waals surface area contributed by atoms with E-state index in [1.165, 1.54) is 19.2 Å². The van der Waals surface area contributed by atoms with Crippen LogP contribution in [-0.2, 0) is 4.79 Å². The van der Waals surface area contributed by atoms with E-state index in [1.54, 1.807) is 6.20 Å². The van der Waals surface area contributed by atoms with Crippen LogP contribution < -0.4 is 16.0 Å². The molecule has 1 amide bonds. The van der Waals surface area contributed by atoms with E-state index in [4.69, 9.17) is 0 Å². The summed E-state index contributed by atoms with van der Waals surface area (Å²) in [6, 6.07) is 7.45. The predicted octanol–water partition coefficient (Wildman–Crippen LogP) is 2.33. The van der Waals surface area contributed by atoms with Crippen molar-refractivity contribution in [3.05, 3.63) is 36.8 Å². The molecule has 1 fully saturated rings. The van der Waals surface area contributed by atoms with E-state index in [2.05, 4.69) is 30.9 Å². The third-order valence-corrected chi connectivity index (χ3v) is 4.04. The van der Waals surface area contributed by atoms with Gasteiger partial charge in [0, 0.05) is 31.3 Å². The fourth-order valence-electron chi connectivity index (χ4n) is 2.80. The lowest BCUT2D eigenvalue weighted by Gasteiger charge is -2.11. The fourth-order valence-corrected chi connectivity index (χ4v) is 2.80. The molecule has 0 atom stereocenters. The summed E-state index contributed by atoms with van der Waals surface area (Å²) in [5.74, 6) is 2.48. The number of carbonyl (C=O) groups is 1. The highest BCUT2D eigenvalue weighted by atomic mass is 16.1. The molecule has 0 radical (unpaired) electrons. The Morgan fingerprint density at radius 3 is 2.67 bits per heavy atom. The number of anilines is 3. The summed E-state index contributed by atoms with van der Waals surface area (Å²) in [5, 5.41) is 9.29. The topological polar surface area (TPSA) is 91.8 Å². The van der Waals surface area contributed by atoms with Gasteiger partial charge in [0.05, 0.1) is 0 Å². The van der Waals surface area contributed by atoms with E-state index >= 15 is 0 Å². The number of rotatable bonds is 7. The van der Waals surface area contributed by atoms with Crippen LogP contribution in [0.15, 0.2) is 36.8 Å². The van der Waals surface area contributed by atoms with E-state index in [9.17, 15) is 4.79 Å². The van der Waals surface area contributed by atoms with Gasteiger partial charge in [-0.15, -0.1) is 0 Å². The second kappa shape index (κ2) is 8.24. The van der Waals surface area contributed by atoms with Crippen LogP contribution in [0.4, 0.5) is 17.5 Å². The molecule has 1 saturated carbocycles. The molecule has 3 N–H and O–H groups in total. The Hall–Kier alpha value is -2.70.